The summed E-state index contributed by atoms with van der Waals surface area (Å²) >= 11 is 0. The minimum absolute atomic E-state index is 0.270. The molecule has 0 bridgehead atoms. The van der Waals surface area contributed by atoms with Crippen molar-refractivity contribution in [1.29, 1.82) is 0 Å². The molecule has 0 radical (unpaired) electrons. The van der Waals surface area contributed by atoms with E-state index in [1.807, 2.05) is 13.8 Å². The van der Waals surface area contributed by atoms with Crippen LogP contribution in [0.2, 0.25) is 0 Å². The highest BCUT2D eigenvalue weighted by Gasteiger charge is 2.23. The third-order valence-electron chi connectivity index (χ3n) is 4.45. The lowest BCUT2D eigenvalue weighted by Gasteiger charge is -2.15. The molecule has 0 saturated carbocycles. The number of amides is 1. The van der Waals surface area contributed by atoms with E-state index in [-0.39, 0.29) is 5.82 Å². The molecule has 0 aliphatic heterocycles. The second-order valence-electron chi connectivity index (χ2n) is 6.73. The average molecular weight is 413 g/mol. The van der Waals surface area contributed by atoms with E-state index in [9.17, 15) is 9.59 Å². The van der Waals surface area contributed by atoms with Crippen molar-refractivity contribution >= 4 is 17.7 Å². The summed E-state index contributed by atoms with van der Waals surface area (Å²) in [5.74, 6) is 1.04. The fraction of sp³-hybridized carbons (Fsp3) is 0.333. The monoisotopic (exact) mass is 413 g/mol. The Hall–Kier alpha value is -3.62. The minimum Gasteiger partial charge on any atom is -0.489 e. The maximum Gasteiger partial charge on any atom is 0.338 e. The fourth-order valence-electron chi connectivity index (χ4n) is 2.70. The Morgan fingerprint density at radius 1 is 1.10 bits per heavy atom. The van der Waals surface area contributed by atoms with Crippen molar-refractivity contribution in [3.63, 3.8) is 0 Å². The van der Waals surface area contributed by atoms with E-state index in [1.54, 1.807) is 44.2 Å². The Balaban J connectivity index is 1.57. The lowest BCUT2D eigenvalue weighted by molar-refractivity contribution is -0.124. The van der Waals surface area contributed by atoms with Gasteiger partial charge in [-0.05, 0) is 51.5 Å². The number of hydrogen-bond acceptors (Lipinski definition) is 8. The summed E-state index contributed by atoms with van der Waals surface area (Å²) in [5, 5.41) is 10.1. The van der Waals surface area contributed by atoms with Gasteiger partial charge in [0.1, 0.15) is 23.9 Å². The lowest BCUT2D eigenvalue weighted by Crippen LogP contribution is -2.32. The Morgan fingerprint density at radius 2 is 1.83 bits per heavy atom. The molecule has 0 saturated heterocycles. The molecule has 1 unspecified atom stereocenters. The van der Waals surface area contributed by atoms with Gasteiger partial charge in [0, 0.05) is 6.07 Å². The standard InChI is InChI=1S/C21H23N3O6/c1-5-18(20(25)22-19-10-12(2)29-24-19)28-21(26)15-6-8-16(9-7-15)27-11-17-13(3)23-30-14(17)4/h6-10,18H,5,11H2,1-4H3,(H,22,24,25). The molecular weight excluding hydrogens is 390 g/mol. The predicted octanol–water partition coefficient (Wildman–Crippen LogP) is 3.74. The smallest absolute Gasteiger partial charge is 0.338 e. The first-order valence-electron chi connectivity index (χ1n) is 9.47. The number of esters is 1. The van der Waals surface area contributed by atoms with Gasteiger partial charge in [0.2, 0.25) is 0 Å². The average Bonchev–Trinajstić information content (AvgIpc) is 3.29. The number of benzene rings is 1. The Morgan fingerprint density at radius 3 is 2.40 bits per heavy atom. The molecule has 2 heterocycles. The number of carbonyl (C=O) groups excluding carboxylic acids is 2. The zero-order chi connectivity index (χ0) is 21.7. The molecule has 1 amide bonds. The molecule has 3 rings (SSSR count). The van der Waals surface area contributed by atoms with Crippen LogP contribution in [0.25, 0.3) is 0 Å². The predicted molar refractivity (Wildman–Crippen MR) is 106 cm³/mol. The van der Waals surface area contributed by atoms with Crippen molar-refractivity contribution in [2.75, 3.05) is 5.32 Å². The first kappa shape index (κ1) is 21.1. The maximum atomic E-state index is 12.4. The molecule has 30 heavy (non-hydrogen) atoms. The van der Waals surface area contributed by atoms with Crippen molar-refractivity contribution < 1.29 is 28.1 Å². The number of nitrogens with one attached hydrogen (secondary N) is 1. The zero-order valence-corrected chi connectivity index (χ0v) is 17.2. The lowest BCUT2D eigenvalue weighted by atomic mass is 10.2. The van der Waals surface area contributed by atoms with Crippen LogP contribution in [0, 0.1) is 20.8 Å². The maximum absolute atomic E-state index is 12.4. The van der Waals surface area contributed by atoms with Crippen LogP contribution in [0.4, 0.5) is 5.82 Å². The first-order chi connectivity index (χ1) is 14.4. The summed E-state index contributed by atoms with van der Waals surface area (Å²) in [4.78, 5) is 24.7. The van der Waals surface area contributed by atoms with E-state index in [0.29, 0.717) is 35.9 Å². The van der Waals surface area contributed by atoms with Crippen LogP contribution in [0.3, 0.4) is 0 Å². The highest BCUT2D eigenvalue weighted by Crippen LogP contribution is 2.19. The van der Waals surface area contributed by atoms with Gasteiger partial charge in [-0.3, -0.25) is 4.79 Å². The van der Waals surface area contributed by atoms with E-state index in [0.717, 1.165) is 11.3 Å². The number of aromatic nitrogens is 2. The molecular formula is C21H23N3O6. The molecule has 3 aromatic rings. The number of anilines is 1. The third kappa shape index (κ3) is 5.05. The van der Waals surface area contributed by atoms with Crippen molar-refractivity contribution in [3.05, 3.63) is 58.7 Å². The van der Waals surface area contributed by atoms with Crippen LogP contribution in [-0.2, 0) is 16.1 Å². The van der Waals surface area contributed by atoms with Gasteiger partial charge in [0.15, 0.2) is 11.9 Å². The van der Waals surface area contributed by atoms with Crippen molar-refractivity contribution in [2.24, 2.45) is 0 Å². The van der Waals surface area contributed by atoms with Gasteiger partial charge in [-0.15, -0.1) is 0 Å². The quantitative estimate of drug-likeness (QED) is 0.555. The number of carbonyl (C=O) groups is 2. The Kier molecular flexibility index (Phi) is 6.51. The van der Waals surface area contributed by atoms with E-state index >= 15 is 0 Å². The number of aryl methyl sites for hydroxylation is 3. The molecule has 158 valence electrons. The van der Waals surface area contributed by atoms with Gasteiger partial charge in [0.25, 0.3) is 5.91 Å². The van der Waals surface area contributed by atoms with E-state index < -0.39 is 18.0 Å². The van der Waals surface area contributed by atoms with Crippen molar-refractivity contribution in [3.8, 4) is 5.75 Å². The normalized spacial score (nSPS) is 11.7. The van der Waals surface area contributed by atoms with Crippen LogP contribution in [-0.4, -0.2) is 28.3 Å². The third-order valence-corrected chi connectivity index (χ3v) is 4.45. The Bertz CT molecular complexity index is 1000. The topological polar surface area (TPSA) is 117 Å². The van der Waals surface area contributed by atoms with Gasteiger partial charge < -0.3 is 23.8 Å². The summed E-state index contributed by atoms with van der Waals surface area (Å²) in [7, 11) is 0. The van der Waals surface area contributed by atoms with Crippen LogP contribution >= 0.6 is 0 Å². The molecule has 0 aliphatic carbocycles. The number of rotatable bonds is 8. The van der Waals surface area contributed by atoms with E-state index in [2.05, 4.69) is 15.6 Å². The minimum atomic E-state index is -0.954. The molecule has 1 atom stereocenters. The van der Waals surface area contributed by atoms with E-state index in [4.69, 9.17) is 18.5 Å². The van der Waals surface area contributed by atoms with E-state index in [1.165, 1.54) is 0 Å². The first-order valence-corrected chi connectivity index (χ1v) is 9.47. The molecule has 0 aliphatic rings. The van der Waals surface area contributed by atoms with Gasteiger partial charge in [0.05, 0.1) is 16.8 Å². The second-order valence-corrected chi connectivity index (χ2v) is 6.73. The highest BCUT2D eigenvalue weighted by molar-refractivity contribution is 5.97. The molecule has 0 spiro atoms. The van der Waals surface area contributed by atoms with Crippen molar-refractivity contribution in [2.45, 2.75) is 46.8 Å². The van der Waals surface area contributed by atoms with Crippen LogP contribution in [0.5, 0.6) is 5.75 Å². The molecule has 2 aromatic heterocycles. The Labute approximate surface area is 173 Å². The summed E-state index contributed by atoms with van der Waals surface area (Å²) in [5.41, 5.74) is 1.97. The summed E-state index contributed by atoms with van der Waals surface area (Å²) in [6, 6.07) is 8.06. The molecule has 1 N–H and O–H groups in total. The molecule has 9 nitrogen and oxygen atoms in total. The SMILES string of the molecule is CCC(OC(=O)c1ccc(OCc2c(C)noc2C)cc1)C(=O)Nc1cc(C)on1. The van der Waals surface area contributed by atoms with Gasteiger partial charge in [-0.2, -0.15) is 0 Å². The number of ether oxygens (including phenoxy) is 2. The molecule has 9 heteroatoms. The fourth-order valence-corrected chi connectivity index (χ4v) is 2.70. The second kappa shape index (κ2) is 9.25. The van der Waals surface area contributed by atoms with Crippen LogP contribution < -0.4 is 10.1 Å². The highest BCUT2D eigenvalue weighted by atomic mass is 16.5. The van der Waals surface area contributed by atoms with Gasteiger partial charge in [-0.1, -0.05) is 17.2 Å². The zero-order valence-electron chi connectivity index (χ0n) is 17.2. The summed E-state index contributed by atoms with van der Waals surface area (Å²) in [6.45, 7) is 7.43. The number of hydrogen-bond donors (Lipinski definition) is 1. The van der Waals surface area contributed by atoms with Gasteiger partial charge >= 0.3 is 5.97 Å². The molecule has 1 aromatic carbocycles. The van der Waals surface area contributed by atoms with Crippen LogP contribution in [0.15, 0.2) is 39.4 Å². The van der Waals surface area contributed by atoms with Crippen LogP contribution in [0.1, 0.15) is 46.5 Å². The largest absolute Gasteiger partial charge is 0.489 e. The number of nitrogens with zero attached hydrogens (tertiary/aromatic N) is 2. The summed E-state index contributed by atoms with van der Waals surface area (Å²) in [6.07, 6.45) is -0.641. The summed E-state index contributed by atoms with van der Waals surface area (Å²) < 4.78 is 21.1. The molecule has 0 fully saturated rings. The van der Waals surface area contributed by atoms with Crippen molar-refractivity contribution in [1.82, 2.24) is 10.3 Å². The van der Waals surface area contributed by atoms with Gasteiger partial charge in [-0.25, -0.2) is 4.79 Å².